The van der Waals surface area contributed by atoms with Gasteiger partial charge in [0.05, 0.1) is 18.4 Å². The molecule has 0 aliphatic heterocycles. The predicted octanol–water partition coefficient (Wildman–Crippen LogP) is 3.74. The van der Waals surface area contributed by atoms with E-state index in [0.717, 1.165) is 5.56 Å². The summed E-state index contributed by atoms with van der Waals surface area (Å²) in [6.07, 6.45) is 0. The van der Waals surface area contributed by atoms with Gasteiger partial charge in [0.15, 0.2) is 0 Å². The van der Waals surface area contributed by atoms with E-state index in [-0.39, 0.29) is 11.5 Å². The molecular formula is C20H18N2O4S. The highest BCUT2D eigenvalue weighted by atomic mass is 32.1. The van der Waals surface area contributed by atoms with Crippen LogP contribution in [0.15, 0.2) is 53.9 Å². The Morgan fingerprint density at radius 3 is 2.67 bits per heavy atom. The van der Waals surface area contributed by atoms with Gasteiger partial charge in [-0.3, -0.25) is 4.79 Å². The van der Waals surface area contributed by atoms with Gasteiger partial charge < -0.3 is 15.2 Å². The molecule has 1 heterocycles. The van der Waals surface area contributed by atoms with Gasteiger partial charge in [0.1, 0.15) is 16.8 Å². The predicted molar refractivity (Wildman–Crippen MR) is 103 cm³/mol. The topological polar surface area (TPSA) is 88.5 Å². The zero-order chi connectivity index (χ0) is 19.4. The van der Waals surface area contributed by atoms with E-state index in [9.17, 15) is 9.59 Å². The van der Waals surface area contributed by atoms with Gasteiger partial charge in [-0.15, -0.1) is 11.3 Å². The fourth-order valence-electron chi connectivity index (χ4n) is 2.68. The number of aromatic carboxylic acids is 1. The second kappa shape index (κ2) is 8.01. The van der Waals surface area contributed by atoms with E-state index in [1.807, 2.05) is 35.7 Å². The molecule has 0 saturated heterocycles. The molecule has 0 aliphatic carbocycles. The molecule has 138 valence electrons. The quantitative estimate of drug-likeness (QED) is 0.678. The first kappa shape index (κ1) is 18.6. The number of benzene rings is 2. The number of carbonyl (C=O) groups excluding carboxylic acids is 1. The monoisotopic (exact) mass is 382 g/mol. The number of methoxy groups -OCH3 is 1. The minimum absolute atomic E-state index is 0.174. The van der Waals surface area contributed by atoms with E-state index in [2.05, 4.69) is 10.3 Å². The normalized spacial score (nSPS) is 11.6. The summed E-state index contributed by atoms with van der Waals surface area (Å²) in [5.74, 6) is -0.471. The minimum atomic E-state index is -0.986. The molecule has 27 heavy (non-hydrogen) atoms. The van der Waals surface area contributed by atoms with Gasteiger partial charge in [-0.05, 0) is 29.8 Å². The number of thiazole rings is 1. The number of aromatic nitrogens is 1. The van der Waals surface area contributed by atoms with Crippen LogP contribution in [0.3, 0.4) is 0 Å². The Bertz CT molecular complexity index is 983. The molecule has 0 bridgehead atoms. The smallest absolute Gasteiger partial charge is 0.335 e. The zero-order valence-corrected chi connectivity index (χ0v) is 15.6. The number of amides is 1. The van der Waals surface area contributed by atoms with Crippen molar-refractivity contribution in [2.45, 2.75) is 13.0 Å². The van der Waals surface area contributed by atoms with E-state index in [4.69, 9.17) is 9.84 Å². The van der Waals surface area contributed by atoms with E-state index >= 15 is 0 Å². The lowest BCUT2D eigenvalue weighted by Gasteiger charge is -2.16. The summed E-state index contributed by atoms with van der Waals surface area (Å²) in [5.41, 5.74) is 2.43. The summed E-state index contributed by atoms with van der Waals surface area (Å²) in [5, 5.41) is 14.6. The average Bonchev–Trinajstić information content (AvgIpc) is 3.16. The van der Waals surface area contributed by atoms with Gasteiger partial charge in [0.2, 0.25) is 5.91 Å². The van der Waals surface area contributed by atoms with Gasteiger partial charge in [-0.2, -0.15) is 0 Å². The van der Waals surface area contributed by atoms with E-state index in [0.29, 0.717) is 22.0 Å². The molecule has 1 atom stereocenters. The van der Waals surface area contributed by atoms with Crippen molar-refractivity contribution in [3.05, 3.63) is 70.0 Å². The molecule has 0 spiro atoms. The lowest BCUT2D eigenvalue weighted by atomic mass is 10.1. The first-order valence-electron chi connectivity index (χ1n) is 8.18. The van der Waals surface area contributed by atoms with Crippen LogP contribution >= 0.6 is 11.3 Å². The molecule has 3 rings (SSSR count). The standard InChI is InChI=1S/C20H18N2O4S/c1-12(23)21-18(14-6-4-8-16(10-14)26-2)19-22-17(11-27-19)13-5-3-7-15(9-13)20(24)25/h3-11,18H,1-2H3,(H,21,23)(H,24,25). The maximum absolute atomic E-state index is 11.7. The Morgan fingerprint density at radius 2 is 1.96 bits per heavy atom. The maximum atomic E-state index is 11.7. The fraction of sp³-hybridized carbons (Fsp3) is 0.150. The number of nitrogens with zero attached hydrogens (tertiary/aromatic N) is 1. The van der Waals surface area contributed by atoms with Gasteiger partial charge in [0, 0.05) is 17.9 Å². The molecule has 1 amide bonds. The summed E-state index contributed by atoms with van der Waals surface area (Å²) in [7, 11) is 1.59. The highest BCUT2D eigenvalue weighted by molar-refractivity contribution is 7.10. The molecule has 7 heteroatoms. The first-order valence-corrected chi connectivity index (χ1v) is 9.06. The first-order chi connectivity index (χ1) is 13.0. The number of nitrogens with one attached hydrogen (secondary N) is 1. The number of ether oxygens (including phenoxy) is 1. The third-order valence-corrected chi connectivity index (χ3v) is 4.86. The van der Waals surface area contributed by atoms with Gasteiger partial charge >= 0.3 is 5.97 Å². The molecule has 3 aromatic rings. The highest BCUT2D eigenvalue weighted by Gasteiger charge is 2.20. The summed E-state index contributed by atoms with van der Waals surface area (Å²) >= 11 is 1.40. The number of hydrogen-bond donors (Lipinski definition) is 2. The highest BCUT2D eigenvalue weighted by Crippen LogP contribution is 2.31. The van der Waals surface area contributed by atoms with Crippen molar-refractivity contribution < 1.29 is 19.4 Å². The van der Waals surface area contributed by atoms with Crippen molar-refractivity contribution in [3.63, 3.8) is 0 Å². The second-order valence-electron chi connectivity index (χ2n) is 5.87. The molecule has 0 radical (unpaired) electrons. The van der Waals surface area contributed by atoms with Gasteiger partial charge in [0.25, 0.3) is 0 Å². The van der Waals surface area contributed by atoms with Crippen LogP contribution < -0.4 is 10.1 Å². The van der Waals surface area contributed by atoms with Crippen LogP contribution in [0.1, 0.15) is 33.9 Å². The molecule has 0 aliphatic rings. The number of hydrogen-bond acceptors (Lipinski definition) is 5. The van der Waals surface area contributed by atoms with Crippen LogP contribution in [-0.2, 0) is 4.79 Å². The summed E-state index contributed by atoms with van der Waals surface area (Å²) in [6.45, 7) is 1.46. The van der Waals surface area contributed by atoms with Crippen molar-refractivity contribution in [3.8, 4) is 17.0 Å². The molecule has 1 unspecified atom stereocenters. The van der Waals surface area contributed by atoms with Crippen LogP contribution in [0.25, 0.3) is 11.3 Å². The van der Waals surface area contributed by atoms with E-state index in [1.165, 1.54) is 24.3 Å². The Kier molecular flexibility index (Phi) is 5.52. The Hall–Kier alpha value is -3.19. The maximum Gasteiger partial charge on any atom is 0.335 e. The Labute approximate surface area is 160 Å². The largest absolute Gasteiger partial charge is 0.497 e. The van der Waals surface area contributed by atoms with Crippen LogP contribution in [0, 0.1) is 0 Å². The van der Waals surface area contributed by atoms with Crippen LogP contribution in [0.2, 0.25) is 0 Å². The SMILES string of the molecule is COc1cccc(C(NC(C)=O)c2nc(-c3cccc(C(=O)O)c3)cs2)c1. The number of carbonyl (C=O) groups is 2. The molecule has 0 fully saturated rings. The number of carboxylic acids is 1. The molecular weight excluding hydrogens is 364 g/mol. The van der Waals surface area contributed by atoms with Crippen molar-refractivity contribution in [1.82, 2.24) is 10.3 Å². The zero-order valence-electron chi connectivity index (χ0n) is 14.8. The van der Waals surface area contributed by atoms with Crippen LogP contribution in [0.5, 0.6) is 5.75 Å². The van der Waals surface area contributed by atoms with E-state index < -0.39 is 12.0 Å². The number of carboxylic acid groups (broad SMARTS) is 1. The number of rotatable bonds is 6. The molecule has 2 N–H and O–H groups in total. The summed E-state index contributed by atoms with van der Waals surface area (Å²) < 4.78 is 5.27. The minimum Gasteiger partial charge on any atom is -0.497 e. The third-order valence-electron chi connectivity index (χ3n) is 3.95. The lowest BCUT2D eigenvalue weighted by molar-refractivity contribution is -0.119. The van der Waals surface area contributed by atoms with Gasteiger partial charge in [-0.25, -0.2) is 9.78 Å². The lowest BCUT2D eigenvalue weighted by Crippen LogP contribution is -2.26. The second-order valence-corrected chi connectivity index (χ2v) is 6.76. The van der Waals surface area contributed by atoms with Crippen molar-refractivity contribution >= 4 is 23.2 Å². The van der Waals surface area contributed by atoms with Crippen molar-refractivity contribution in [1.29, 1.82) is 0 Å². The summed E-state index contributed by atoms with van der Waals surface area (Å²) in [4.78, 5) is 27.5. The van der Waals surface area contributed by atoms with E-state index in [1.54, 1.807) is 19.2 Å². The van der Waals surface area contributed by atoms with Gasteiger partial charge in [-0.1, -0.05) is 24.3 Å². The molecule has 0 saturated carbocycles. The van der Waals surface area contributed by atoms with Crippen molar-refractivity contribution in [2.75, 3.05) is 7.11 Å². The Balaban J connectivity index is 1.98. The van der Waals surface area contributed by atoms with Crippen LogP contribution in [-0.4, -0.2) is 29.1 Å². The molecule has 1 aromatic heterocycles. The summed E-state index contributed by atoms with van der Waals surface area (Å²) in [6, 6.07) is 13.6. The average molecular weight is 382 g/mol. The molecule has 6 nitrogen and oxygen atoms in total. The molecule has 2 aromatic carbocycles. The van der Waals surface area contributed by atoms with Crippen molar-refractivity contribution in [2.24, 2.45) is 0 Å². The van der Waals surface area contributed by atoms with Crippen LogP contribution in [0.4, 0.5) is 0 Å². The fourth-order valence-corrected chi connectivity index (χ4v) is 3.58. The Morgan fingerprint density at radius 1 is 1.19 bits per heavy atom. The third kappa shape index (κ3) is 4.32.